The molecule has 0 saturated carbocycles. The molecule has 2 unspecified atom stereocenters. The van der Waals surface area contributed by atoms with Crippen LogP contribution in [-0.2, 0) is 14.3 Å². The van der Waals surface area contributed by atoms with Gasteiger partial charge in [0.1, 0.15) is 5.92 Å². The molecule has 6 heteroatoms. The molecule has 0 radical (unpaired) electrons. The Balaban J connectivity index is 2.05. The summed E-state index contributed by atoms with van der Waals surface area (Å²) in [6.07, 6.45) is 2.07. The smallest absolute Gasteiger partial charge is 0.330 e. The number of ether oxygens (including phenoxy) is 1. The molecular weight excluding hydrogens is 236 g/mol. The van der Waals surface area contributed by atoms with Crippen LogP contribution in [0.5, 0.6) is 0 Å². The van der Waals surface area contributed by atoms with E-state index >= 15 is 0 Å². The molecule has 0 aliphatic carbocycles. The molecule has 2 aliphatic heterocycles. The normalized spacial score (nSPS) is 28.7. The zero-order valence-corrected chi connectivity index (χ0v) is 10.5. The van der Waals surface area contributed by atoms with E-state index in [9.17, 15) is 14.4 Å². The lowest BCUT2D eigenvalue weighted by Crippen LogP contribution is -2.58. The van der Waals surface area contributed by atoms with E-state index in [1.807, 2.05) is 6.92 Å². The summed E-state index contributed by atoms with van der Waals surface area (Å²) in [6, 6.07) is -0.593. The average Bonchev–Trinajstić information content (AvgIpc) is 2.83. The highest BCUT2D eigenvalue weighted by Crippen LogP contribution is 2.20. The summed E-state index contributed by atoms with van der Waals surface area (Å²) in [5, 5.41) is 2.26. The van der Waals surface area contributed by atoms with E-state index in [0.29, 0.717) is 26.2 Å². The second-order valence-corrected chi connectivity index (χ2v) is 4.81. The highest BCUT2D eigenvalue weighted by molar-refractivity contribution is 6.16. The van der Waals surface area contributed by atoms with Crippen molar-refractivity contribution in [2.24, 2.45) is 11.8 Å². The number of nitrogens with one attached hydrogen (secondary N) is 1. The second kappa shape index (κ2) is 5.48. The first-order valence-corrected chi connectivity index (χ1v) is 6.37. The highest BCUT2D eigenvalue weighted by atomic mass is 16.5. The van der Waals surface area contributed by atoms with Gasteiger partial charge in [-0.1, -0.05) is 13.3 Å². The van der Waals surface area contributed by atoms with E-state index in [-0.39, 0.29) is 11.8 Å². The van der Waals surface area contributed by atoms with Crippen LogP contribution in [0.1, 0.15) is 26.2 Å². The Kier molecular flexibility index (Phi) is 3.96. The molecule has 2 fully saturated rings. The van der Waals surface area contributed by atoms with Crippen molar-refractivity contribution in [2.75, 3.05) is 19.8 Å². The van der Waals surface area contributed by atoms with Crippen LogP contribution in [0.4, 0.5) is 4.79 Å². The number of carbonyl (C=O) groups is 3. The lowest BCUT2D eigenvalue weighted by atomic mass is 9.98. The van der Waals surface area contributed by atoms with Crippen LogP contribution in [0.25, 0.3) is 0 Å². The quantitative estimate of drug-likeness (QED) is 0.742. The molecule has 0 aromatic rings. The fourth-order valence-corrected chi connectivity index (χ4v) is 2.36. The molecule has 2 rings (SSSR count). The van der Waals surface area contributed by atoms with Crippen LogP contribution in [0.3, 0.4) is 0 Å². The maximum atomic E-state index is 12.1. The van der Waals surface area contributed by atoms with Crippen molar-refractivity contribution in [3.63, 3.8) is 0 Å². The number of amides is 4. The van der Waals surface area contributed by atoms with Gasteiger partial charge in [0.2, 0.25) is 11.8 Å². The number of barbiturate groups is 1. The summed E-state index contributed by atoms with van der Waals surface area (Å²) in [7, 11) is 0. The largest absolute Gasteiger partial charge is 0.381 e. The first-order chi connectivity index (χ1) is 8.63. The first kappa shape index (κ1) is 13.0. The predicted molar refractivity (Wildman–Crippen MR) is 62.6 cm³/mol. The van der Waals surface area contributed by atoms with Crippen molar-refractivity contribution in [1.29, 1.82) is 0 Å². The third-order valence-electron chi connectivity index (χ3n) is 3.40. The van der Waals surface area contributed by atoms with Crippen molar-refractivity contribution in [2.45, 2.75) is 26.2 Å². The summed E-state index contributed by atoms with van der Waals surface area (Å²) in [4.78, 5) is 36.6. The Morgan fingerprint density at radius 3 is 2.78 bits per heavy atom. The SMILES string of the molecule is CCCC1C(=O)NC(=O)N(CC2CCOC2)C1=O. The molecule has 1 N–H and O–H groups in total. The molecule has 0 spiro atoms. The fraction of sp³-hybridized carbons (Fsp3) is 0.750. The van der Waals surface area contributed by atoms with Gasteiger partial charge in [-0.05, 0) is 12.8 Å². The Morgan fingerprint density at radius 1 is 1.39 bits per heavy atom. The van der Waals surface area contributed by atoms with Crippen molar-refractivity contribution >= 4 is 17.8 Å². The van der Waals surface area contributed by atoms with E-state index in [4.69, 9.17) is 4.74 Å². The van der Waals surface area contributed by atoms with E-state index in [1.54, 1.807) is 0 Å². The van der Waals surface area contributed by atoms with Gasteiger partial charge in [0.05, 0.1) is 6.61 Å². The van der Waals surface area contributed by atoms with Crippen molar-refractivity contribution in [3.05, 3.63) is 0 Å². The Hall–Kier alpha value is -1.43. The van der Waals surface area contributed by atoms with Gasteiger partial charge in [0, 0.05) is 19.1 Å². The number of imide groups is 2. The van der Waals surface area contributed by atoms with Crippen molar-refractivity contribution in [3.8, 4) is 0 Å². The lowest BCUT2D eigenvalue weighted by molar-refractivity contribution is -0.143. The van der Waals surface area contributed by atoms with E-state index in [0.717, 1.165) is 12.8 Å². The van der Waals surface area contributed by atoms with Gasteiger partial charge in [-0.3, -0.25) is 19.8 Å². The highest BCUT2D eigenvalue weighted by Gasteiger charge is 2.40. The molecule has 18 heavy (non-hydrogen) atoms. The standard InChI is InChI=1S/C12H18N2O4/c1-2-3-9-10(15)13-12(17)14(11(9)16)6-8-4-5-18-7-8/h8-9H,2-7H2,1H3,(H,13,15,17). The van der Waals surface area contributed by atoms with Crippen LogP contribution in [0.2, 0.25) is 0 Å². The number of nitrogens with zero attached hydrogens (tertiary/aromatic N) is 1. The molecule has 0 aromatic heterocycles. The number of hydrogen-bond donors (Lipinski definition) is 1. The minimum Gasteiger partial charge on any atom is -0.381 e. The summed E-state index contributed by atoms with van der Waals surface area (Å²) in [6.45, 7) is 3.50. The van der Waals surface area contributed by atoms with Gasteiger partial charge >= 0.3 is 6.03 Å². The number of urea groups is 1. The predicted octanol–water partition coefficient (Wildman–Crippen LogP) is 0.518. The fourth-order valence-electron chi connectivity index (χ4n) is 2.36. The van der Waals surface area contributed by atoms with Crippen molar-refractivity contribution in [1.82, 2.24) is 10.2 Å². The first-order valence-electron chi connectivity index (χ1n) is 6.37. The molecule has 2 saturated heterocycles. The molecule has 100 valence electrons. The minimum atomic E-state index is -0.713. The van der Waals surface area contributed by atoms with E-state index in [1.165, 1.54) is 4.90 Å². The summed E-state index contributed by atoms with van der Waals surface area (Å²) in [5.41, 5.74) is 0. The third-order valence-corrected chi connectivity index (χ3v) is 3.40. The van der Waals surface area contributed by atoms with Gasteiger partial charge in [-0.25, -0.2) is 4.79 Å². The van der Waals surface area contributed by atoms with Gasteiger partial charge < -0.3 is 4.74 Å². The molecule has 4 amide bonds. The Morgan fingerprint density at radius 2 is 2.17 bits per heavy atom. The van der Waals surface area contributed by atoms with Crippen LogP contribution in [0.15, 0.2) is 0 Å². The molecule has 0 aromatic carbocycles. The molecule has 2 atom stereocenters. The zero-order valence-electron chi connectivity index (χ0n) is 10.5. The maximum Gasteiger partial charge on any atom is 0.330 e. The molecular formula is C12H18N2O4. The number of hydrogen-bond acceptors (Lipinski definition) is 4. The van der Waals surface area contributed by atoms with Crippen LogP contribution < -0.4 is 5.32 Å². The van der Waals surface area contributed by atoms with Crippen molar-refractivity contribution < 1.29 is 19.1 Å². The summed E-state index contributed by atoms with van der Waals surface area (Å²) >= 11 is 0. The van der Waals surface area contributed by atoms with E-state index in [2.05, 4.69) is 5.32 Å². The van der Waals surface area contributed by atoms with Crippen LogP contribution in [0, 0.1) is 11.8 Å². The van der Waals surface area contributed by atoms with Crippen LogP contribution in [-0.4, -0.2) is 42.5 Å². The van der Waals surface area contributed by atoms with E-state index < -0.39 is 17.9 Å². The topological polar surface area (TPSA) is 75.7 Å². The molecule has 6 nitrogen and oxygen atoms in total. The number of rotatable bonds is 4. The van der Waals surface area contributed by atoms with Gasteiger partial charge in [-0.15, -0.1) is 0 Å². The van der Waals surface area contributed by atoms with Gasteiger partial charge in [0.15, 0.2) is 0 Å². The summed E-state index contributed by atoms with van der Waals surface area (Å²) in [5.74, 6) is -1.35. The Labute approximate surface area is 106 Å². The van der Waals surface area contributed by atoms with Crippen LogP contribution >= 0.6 is 0 Å². The minimum absolute atomic E-state index is 0.190. The zero-order chi connectivity index (χ0) is 13.1. The van der Waals surface area contributed by atoms with Gasteiger partial charge in [0.25, 0.3) is 0 Å². The molecule has 2 heterocycles. The molecule has 0 bridgehead atoms. The molecule has 2 aliphatic rings. The maximum absolute atomic E-state index is 12.1. The lowest BCUT2D eigenvalue weighted by Gasteiger charge is -2.31. The van der Waals surface area contributed by atoms with Gasteiger partial charge in [-0.2, -0.15) is 0 Å². The second-order valence-electron chi connectivity index (χ2n) is 4.81. The Bertz CT molecular complexity index is 363. The summed E-state index contributed by atoms with van der Waals surface area (Å²) < 4.78 is 5.23. The average molecular weight is 254 g/mol. The number of carbonyl (C=O) groups excluding carboxylic acids is 3. The monoisotopic (exact) mass is 254 g/mol. The third kappa shape index (κ3) is 2.53.